The van der Waals surface area contributed by atoms with Crippen LogP contribution in [0.5, 0.6) is 0 Å². The Morgan fingerprint density at radius 2 is 1.39 bits per heavy atom. The van der Waals surface area contributed by atoms with Crippen LogP contribution in [0.1, 0.15) is 11.1 Å². The third-order valence-electron chi connectivity index (χ3n) is 2.66. The monoisotopic (exact) mass is 260 g/mol. The molecule has 94 valence electrons. The van der Waals surface area contributed by atoms with E-state index in [4.69, 9.17) is 4.52 Å². The van der Waals surface area contributed by atoms with Gasteiger partial charge in [0, 0.05) is 6.16 Å². The van der Waals surface area contributed by atoms with E-state index in [0.29, 0.717) is 12.8 Å². The van der Waals surface area contributed by atoms with Crippen molar-refractivity contribution in [1.82, 2.24) is 0 Å². The minimum Gasteiger partial charge on any atom is -0.350 e. The molecule has 2 nitrogen and oxygen atoms in total. The molecule has 1 atom stereocenters. The molecular weight excluding hydrogens is 243 g/mol. The summed E-state index contributed by atoms with van der Waals surface area (Å²) in [5, 5.41) is 0. The fourth-order valence-corrected chi connectivity index (χ4v) is 2.53. The molecule has 2 rings (SSSR count). The molecule has 0 spiro atoms. The zero-order valence-corrected chi connectivity index (χ0v) is 11.1. The second kappa shape index (κ2) is 7.27. The quantitative estimate of drug-likeness (QED) is 0.801. The van der Waals surface area contributed by atoms with Gasteiger partial charge in [-0.2, -0.15) is 0 Å². The van der Waals surface area contributed by atoms with Gasteiger partial charge in [-0.1, -0.05) is 60.7 Å². The first-order chi connectivity index (χ1) is 8.84. The molecule has 0 saturated heterocycles. The molecule has 0 amide bonds. The zero-order valence-electron chi connectivity index (χ0n) is 10.2. The van der Waals surface area contributed by atoms with Crippen LogP contribution in [-0.2, 0) is 17.6 Å². The van der Waals surface area contributed by atoms with Crippen molar-refractivity contribution in [3.05, 3.63) is 71.8 Å². The summed E-state index contributed by atoms with van der Waals surface area (Å²) in [5.41, 5.74) is 2.33. The molecule has 2 aromatic rings. The van der Waals surface area contributed by atoms with Gasteiger partial charge in [0.05, 0.1) is 6.61 Å². The van der Waals surface area contributed by atoms with Crippen molar-refractivity contribution in [2.45, 2.75) is 13.0 Å². The highest BCUT2D eigenvalue weighted by molar-refractivity contribution is 7.46. The lowest BCUT2D eigenvalue weighted by Crippen LogP contribution is -1.95. The smallest absolute Gasteiger partial charge is 0.168 e. The summed E-state index contributed by atoms with van der Waals surface area (Å²) in [6, 6.07) is 20.1. The predicted molar refractivity (Wildman–Crippen MR) is 75.4 cm³/mol. The van der Waals surface area contributed by atoms with E-state index in [2.05, 4.69) is 12.1 Å². The summed E-state index contributed by atoms with van der Waals surface area (Å²) in [6.07, 6.45) is 1.55. The van der Waals surface area contributed by atoms with Crippen molar-refractivity contribution in [3.63, 3.8) is 0 Å². The minimum absolute atomic E-state index is 0.484. The molecule has 1 unspecified atom stereocenters. The summed E-state index contributed by atoms with van der Waals surface area (Å²) in [4.78, 5) is 9.81. The van der Waals surface area contributed by atoms with E-state index in [-0.39, 0.29) is 0 Å². The Morgan fingerprint density at radius 3 is 2.00 bits per heavy atom. The van der Waals surface area contributed by atoms with Crippen LogP contribution in [0.3, 0.4) is 0 Å². The molecule has 0 aliphatic heterocycles. The molecule has 0 heterocycles. The van der Waals surface area contributed by atoms with Crippen molar-refractivity contribution >= 4 is 8.38 Å². The van der Waals surface area contributed by atoms with Crippen molar-refractivity contribution in [3.8, 4) is 0 Å². The number of benzene rings is 2. The highest BCUT2D eigenvalue weighted by Crippen LogP contribution is 2.33. The molecule has 0 aromatic heterocycles. The van der Waals surface area contributed by atoms with Crippen LogP contribution in [0.15, 0.2) is 60.7 Å². The van der Waals surface area contributed by atoms with Gasteiger partial charge in [-0.25, -0.2) is 0 Å². The van der Waals surface area contributed by atoms with Crippen LogP contribution in [-0.4, -0.2) is 11.1 Å². The van der Waals surface area contributed by atoms with Gasteiger partial charge in [0.1, 0.15) is 0 Å². The highest BCUT2D eigenvalue weighted by atomic mass is 31.2. The summed E-state index contributed by atoms with van der Waals surface area (Å²) in [7, 11) is -1.33. The Morgan fingerprint density at radius 1 is 0.833 bits per heavy atom. The van der Waals surface area contributed by atoms with Crippen LogP contribution >= 0.6 is 8.38 Å². The third kappa shape index (κ3) is 4.58. The number of hydrogen-bond donors (Lipinski definition) is 1. The van der Waals surface area contributed by atoms with Gasteiger partial charge in [0.15, 0.2) is 8.38 Å². The largest absolute Gasteiger partial charge is 0.350 e. The van der Waals surface area contributed by atoms with Crippen LogP contribution in [0, 0.1) is 0 Å². The van der Waals surface area contributed by atoms with Gasteiger partial charge >= 0.3 is 0 Å². The van der Waals surface area contributed by atoms with Gasteiger partial charge in [-0.05, 0) is 17.5 Å². The maximum Gasteiger partial charge on any atom is 0.168 e. The maximum absolute atomic E-state index is 9.81. The Hall–Kier alpha value is -1.21. The second-order valence-corrected chi connectivity index (χ2v) is 5.48. The fourth-order valence-electron chi connectivity index (χ4n) is 1.66. The average molecular weight is 260 g/mol. The Bertz CT molecular complexity index is 401. The fraction of sp³-hybridized carbons (Fsp3) is 0.200. The molecule has 1 N–H and O–H groups in total. The lowest BCUT2D eigenvalue weighted by molar-refractivity contribution is 0.299. The van der Waals surface area contributed by atoms with E-state index in [0.717, 1.165) is 12.0 Å². The summed E-state index contributed by atoms with van der Waals surface area (Å²) in [6.45, 7) is 0.484. The summed E-state index contributed by atoms with van der Waals surface area (Å²) >= 11 is 0. The van der Waals surface area contributed by atoms with E-state index in [9.17, 15) is 4.89 Å². The molecule has 18 heavy (non-hydrogen) atoms. The van der Waals surface area contributed by atoms with Crippen LogP contribution in [0.25, 0.3) is 0 Å². The molecule has 2 aromatic carbocycles. The highest BCUT2D eigenvalue weighted by Gasteiger charge is 2.05. The van der Waals surface area contributed by atoms with Gasteiger partial charge in [-0.15, -0.1) is 0 Å². The lowest BCUT2D eigenvalue weighted by Gasteiger charge is -2.10. The van der Waals surface area contributed by atoms with Gasteiger partial charge < -0.3 is 9.42 Å². The summed E-state index contributed by atoms with van der Waals surface area (Å²) < 4.78 is 5.47. The first-order valence-electron chi connectivity index (χ1n) is 6.02. The standard InChI is InChI=1S/C15H17O2P/c16-18(12-11-14-7-3-1-4-8-14)17-13-15-9-5-2-6-10-15/h1-10,16H,11-13H2. The molecule has 0 aliphatic rings. The minimum atomic E-state index is -1.33. The van der Waals surface area contributed by atoms with Crippen molar-refractivity contribution in [1.29, 1.82) is 0 Å². The van der Waals surface area contributed by atoms with Crippen LogP contribution in [0.2, 0.25) is 0 Å². The van der Waals surface area contributed by atoms with Crippen molar-refractivity contribution < 1.29 is 9.42 Å². The normalized spacial score (nSPS) is 12.3. The third-order valence-corrected chi connectivity index (χ3v) is 3.69. The predicted octanol–water partition coefficient (Wildman–Crippen LogP) is 3.75. The average Bonchev–Trinajstić information content (AvgIpc) is 2.45. The van der Waals surface area contributed by atoms with E-state index in [1.165, 1.54) is 5.56 Å². The lowest BCUT2D eigenvalue weighted by atomic mass is 10.2. The first kappa shape index (κ1) is 13.2. The van der Waals surface area contributed by atoms with Crippen molar-refractivity contribution in [2.24, 2.45) is 0 Å². The molecule has 0 fully saturated rings. The van der Waals surface area contributed by atoms with E-state index >= 15 is 0 Å². The Kier molecular flexibility index (Phi) is 5.35. The van der Waals surface area contributed by atoms with E-state index in [1.54, 1.807) is 0 Å². The zero-order chi connectivity index (χ0) is 12.6. The number of hydrogen-bond acceptors (Lipinski definition) is 2. The summed E-state index contributed by atoms with van der Waals surface area (Å²) in [5.74, 6) is 0. The Balaban J connectivity index is 1.71. The van der Waals surface area contributed by atoms with Gasteiger partial charge in [0.25, 0.3) is 0 Å². The second-order valence-electron chi connectivity index (χ2n) is 4.07. The van der Waals surface area contributed by atoms with E-state index in [1.807, 2.05) is 48.5 Å². The molecule has 3 heteroatoms. The van der Waals surface area contributed by atoms with Gasteiger partial charge in [0.2, 0.25) is 0 Å². The van der Waals surface area contributed by atoms with Crippen molar-refractivity contribution in [2.75, 3.05) is 6.16 Å². The molecule has 0 saturated carbocycles. The van der Waals surface area contributed by atoms with Crippen LogP contribution < -0.4 is 0 Å². The molecular formula is C15H17O2P. The number of aryl methyl sites for hydroxylation is 1. The Labute approximate surface area is 109 Å². The SMILES string of the molecule is OP(CCc1ccccc1)OCc1ccccc1. The topological polar surface area (TPSA) is 29.5 Å². The van der Waals surface area contributed by atoms with E-state index < -0.39 is 8.38 Å². The number of rotatable bonds is 6. The van der Waals surface area contributed by atoms with Gasteiger partial charge in [-0.3, -0.25) is 0 Å². The molecule has 0 bridgehead atoms. The maximum atomic E-state index is 9.81. The first-order valence-corrected chi connectivity index (χ1v) is 7.41. The molecule has 0 radical (unpaired) electrons. The van der Waals surface area contributed by atoms with Crippen LogP contribution in [0.4, 0.5) is 0 Å². The molecule has 0 aliphatic carbocycles.